The fraction of sp³-hybridized carbons (Fsp3) is 0.692. The molecule has 24 heavy (non-hydrogen) atoms. The molecule has 2 aromatic heterocycles. The van der Waals surface area contributed by atoms with E-state index in [2.05, 4.69) is 36.1 Å². The van der Waals surface area contributed by atoms with Crippen LogP contribution in [0.2, 0.25) is 0 Å². The summed E-state index contributed by atoms with van der Waals surface area (Å²) in [5, 5.41) is 26.5. The summed E-state index contributed by atoms with van der Waals surface area (Å²) in [5.74, 6) is 0.471. The Kier molecular flexibility index (Phi) is 5.77. The van der Waals surface area contributed by atoms with Crippen molar-refractivity contribution in [2.75, 3.05) is 19.8 Å². The molecule has 1 unspecified atom stereocenters. The first-order valence-corrected chi connectivity index (χ1v) is 8.51. The van der Waals surface area contributed by atoms with E-state index in [4.69, 9.17) is 9.47 Å². The zero-order chi connectivity index (χ0) is 16.8. The molecular weight excluding hydrogens is 334 g/mol. The number of nitrogens with one attached hydrogen (secondary N) is 2. The smallest absolute Gasteiger partial charge is 0.246 e. The molecule has 1 amide bonds. The topological polar surface area (TPSA) is 128 Å². The fourth-order valence-corrected chi connectivity index (χ4v) is 3.23. The number of nitrogens with zero attached hydrogens (tertiary/aromatic N) is 5. The van der Waals surface area contributed by atoms with Gasteiger partial charge < -0.3 is 14.8 Å². The lowest BCUT2D eigenvalue weighted by Gasteiger charge is -2.28. The molecule has 2 aromatic rings. The van der Waals surface area contributed by atoms with Crippen molar-refractivity contribution in [2.24, 2.45) is 5.92 Å². The number of ether oxygens (including phenoxy) is 2. The number of tetrazole rings is 1. The maximum atomic E-state index is 12.2. The molecule has 10 nitrogen and oxygen atoms in total. The van der Waals surface area contributed by atoms with Crippen molar-refractivity contribution in [3.63, 3.8) is 0 Å². The number of rotatable bonds is 7. The Hall–Kier alpha value is -1.98. The van der Waals surface area contributed by atoms with Gasteiger partial charge in [-0.1, -0.05) is 16.6 Å². The van der Waals surface area contributed by atoms with E-state index in [-0.39, 0.29) is 31.1 Å². The predicted octanol–water partition coefficient (Wildman–Crippen LogP) is 0.160. The molecule has 2 N–H and O–H groups in total. The third-order valence-electron chi connectivity index (χ3n) is 3.72. The van der Waals surface area contributed by atoms with E-state index in [9.17, 15) is 4.79 Å². The highest BCUT2D eigenvalue weighted by Crippen LogP contribution is 2.27. The second kappa shape index (κ2) is 8.22. The van der Waals surface area contributed by atoms with Gasteiger partial charge in [0.05, 0.1) is 6.04 Å². The lowest BCUT2D eigenvalue weighted by atomic mass is 9.91. The lowest BCUT2D eigenvalue weighted by molar-refractivity contribution is -0.127. The van der Waals surface area contributed by atoms with Gasteiger partial charge in [0.25, 0.3) is 0 Å². The van der Waals surface area contributed by atoms with Crippen molar-refractivity contribution in [1.82, 2.24) is 36.1 Å². The number of H-pyrrole nitrogens is 1. The molecule has 0 aromatic carbocycles. The largest absolute Gasteiger partial charge is 0.381 e. The molecule has 1 aliphatic heterocycles. The number of carbonyl (C=O) groups excluding carboxylic acids is 1. The summed E-state index contributed by atoms with van der Waals surface area (Å²) in [4.78, 5) is 12.2. The van der Waals surface area contributed by atoms with Crippen LogP contribution in [0, 0.1) is 12.8 Å². The number of hydrogen-bond donors (Lipinski definition) is 2. The number of carbonyl (C=O) groups is 1. The summed E-state index contributed by atoms with van der Waals surface area (Å²) in [5.41, 5.74) is 0. The molecule has 3 rings (SSSR count). The second-order valence-electron chi connectivity index (χ2n) is 5.47. The normalized spacial score (nSPS) is 16.9. The molecule has 0 radical (unpaired) electrons. The van der Waals surface area contributed by atoms with Gasteiger partial charge in [0.2, 0.25) is 5.91 Å². The minimum atomic E-state index is -0.299. The SMILES string of the molecule is Cc1nnc(COCC(=O)NC(c2nn[nH]n2)C2CCOCC2)s1. The Morgan fingerprint density at radius 2 is 2.25 bits per heavy atom. The summed E-state index contributed by atoms with van der Waals surface area (Å²) in [6.07, 6.45) is 1.68. The number of aryl methyl sites for hydroxylation is 1. The third kappa shape index (κ3) is 4.52. The fourth-order valence-electron chi connectivity index (χ4n) is 2.59. The highest BCUT2D eigenvalue weighted by Gasteiger charge is 2.29. The number of amides is 1. The Morgan fingerprint density at radius 1 is 1.42 bits per heavy atom. The van der Waals surface area contributed by atoms with E-state index in [1.165, 1.54) is 11.3 Å². The molecule has 0 bridgehead atoms. The van der Waals surface area contributed by atoms with Gasteiger partial charge in [-0.3, -0.25) is 4.79 Å². The Bertz CT molecular complexity index is 642. The van der Waals surface area contributed by atoms with Crippen LogP contribution in [0.5, 0.6) is 0 Å². The van der Waals surface area contributed by atoms with Gasteiger partial charge in [-0.05, 0) is 25.7 Å². The molecular formula is C13H19N7O3S. The average Bonchev–Trinajstić information content (AvgIpc) is 3.25. The van der Waals surface area contributed by atoms with E-state index < -0.39 is 0 Å². The number of hydrogen-bond acceptors (Lipinski definition) is 9. The van der Waals surface area contributed by atoms with Gasteiger partial charge >= 0.3 is 0 Å². The van der Waals surface area contributed by atoms with Crippen LogP contribution >= 0.6 is 11.3 Å². The van der Waals surface area contributed by atoms with Gasteiger partial charge in [0.15, 0.2) is 5.82 Å². The van der Waals surface area contributed by atoms with Gasteiger partial charge in [0, 0.05) is 13.2 Å². The van der Waals surface area contributed by atoms with Crippen LogP contribution in [0.25, 0.3) is 0 Å². The highest BCUT2D eigenvalue weighted by molar-refractivity contribution is 7.11. The monoisotopic (exact) mass is 353 g/mol. The molecule has 1 fully saturated rings. The van der Waals surface area contributed by atoms with Crippen molar-refractivity contribution >= 4 is 17.2 Å². The predicted molar refractivity (Wildman–Crippen MR) is 82.9 cm³/mol. The Balaban J connectivity index is 1.52. The van der Waals surface area contributed by atoms with Crippen LogP contribution in [0.3, 0.4) is 0 Å². The summed E-state index contributed by atoms with van der Waals surface area (Å²) in [6.45, 7) is 3.42. The quantitative estimate of drug-likeness (QED) is 0.720. The molecule has 11 heteroatoms. The van der Waals surface area contributed by atoms with Crippen molar-refractivity contribution in [3.8, 4) is 0 Å². The van der Waals surface area contributed by atoms with Gasteiger partial charge in [0.1, 0.15) is 23.2 Å². The second-order valence-corrected chi connectivity index (χ2v) is 6.74. The molecule has 1 atom stereocenters. The number of aromatic nitrogens is 6. The van der Waals surface area contributed by atoms with Crippen LogP contribution in [-0.2, 0) is 20.9 Å². The maximum Gasteiger partial charge on any atom is 0.246 e. The minimum absolute atomic E-state index is 0.0593. The molecule has 0 spiro atoms. The van der Waals surface area contributed by atoms with E-state index in [1.807, 2.05) is 6.92 Å². The third-order valence-corrected chi connectivity index (χ3v) is 4.53. The van der Waals surface area contributed by atoms with Crippen LogP contribution in [0.15, 0.2) is 0 Å². The van der Waals surface area contributed by atoms with Gasteiger partial charge in [-0.25, -0.2) is 0 Å². The molecule has 3 heterocycles. The number of aromatic amines is 1. The van der Waals surface area contributed by atoms with Crippen molar-refractivity contribution in [1.29, 1.82) is 0 Å². The molecule has 1 saturated heterocycles. The van der Waals surface area contributed by atoms with Crippen molar-refractivity contribution in [3.05, 3.63) is 15.8 Å². The summed E-state index contributed by atoms with van der Waals surface area (Å²) < 4.78 is 10.8. The highest BCUT2D eigenvalue weighted by atomic mass is 32.1. The summed E-state index contributed by atoms with van der Waals surface area (Å²) >= 11 is 1.45. The van der Waals surface area contributed by atoms with Crippen LogP contribution in [0.1, 0.15) is 34.7 Å². The molecule has 0 aliphatic carbocycles. The summed E-state index contributed by atoms with van der Waals surface area (Å²) in [7, 11) is 0. The van der Waals surface area contributed by atoms with E-state index in [1.54, 1.807) is 0 Å². The lowest BCUT2D eigenvalue weighted by Crippen LogP contribution is -2.38. The van der Waals surface area contributed by atoms with E-state index in [0.717, 1.165) is 22.9 Å². The first kappa shape index (κ1) is 16.9. The zero-order valence-corrected chi connectivity index (χ0v) is 14.1. The maximum absolute atomic E-state index is 12.2. The molecule has 0 saturated carbocycles. The van der Waals surface area contributed by atoms with E-state index >= 15 is 0 Å². The molecule has 1 aliphatic rings. The average molecular weight is 353 g/mol. The standard InChI is InChI=1S/C13H19N7O3S/c1-8-15-16-11(24-8)7-23-6-10(21)14-12(13-17-19-20-18-13)9-2-4-22-5-3-9/h9,12H,2-7H2,1H3,(H,14,21)(H,17,18,19,20). The van der Waals surface area contributed by atoms with Crippen molar-refractivity contribution in [2.45, 2.75) is 32.4 Å². The first-order chi connectivity index (χ1) is 11.7. The van der Waals surface area contributed by atoms with E-state index in [0.29, 0.717) is 19.0 Å². The Labute approximate surface area is 142 Å². The summed E-state index contributed by atoms with van der Waals surface area (Å²) in [6, 6.07) is -0.299. The van der Waals surface area contributed by atoms with Gasteiger partial charge in [-0.2, -0.15) is 5.21 Å². The van der Waals surface area contributed by atoms with Crippen molar-refractivity contribution < 1.29 is 14.3 Å². The first-order valence-electron chi connectivity index (χ1n) is 7.69. The zero-order valence-electron chi connectivity index (χ0n) is 13.3. The minimum Gasteiger partial charge on any atom is -0.381 e. The van der Waals surface area contributed by atoms with Crippen LogP contribution in [-0.4, -0.2) is 56.5 Å². The van der Waals surface area contributed by atoms with Crippen LogP contribution < -0.4 is 5.32 Å². The van der Waals surface area contributed by atoms with Gasteiger partial charge in [-0.15, -0.1) is 20.4 Å². The molecule has 130 valence electrons. The van der Waals surface area contributed by atoms with Crippen LogP contribution in [0.4, 0.5) is 0 Å². The Morgan fingerprint density at radius 3 is 2.92 bits per heavy atom.